The van der Waals surface area contributed by atoms with E-state index in [2.05, 4.69) is 52.2 Å². The molecular weight excluding hydrogens is 973 g/mol. The number of aliphatic hydroxyl groups is 1. The van der Waals surface area contributed by atoms with Crippen molar-refractivity contribution in [3.8, 4) is 0 Å². The largest absolute Gasteiger partial charge is 0.391 e. The summed E-state index contributed by atoms with van der Waals surface area (Å²) in [5.41, 5.74) is 29.8. The lowest BCUT2D eigenvalue weighted by Crippen LogP contribution is -2.60. The first kappa shape index (κ1) is 57.6. The number of rotatable bonds is 16. The minimum atomic E-state index is -1.49. The minimum absolute atomic E-state index is 0.0225. The number of hydrogen-bond donors (Lipinski definition) is 14. The van der Waals surface area contributed by atoms with E-state index in [0.29, 0.717) is 11.1 Å². The van der Waals surface area contributed by atoms with Crippen molar-refractivity contribution in [1.82, 2.24) is 47.1 Å². The third-order valence-electron chi connectivity index (χ3n) is 12.7. The van der Waals surface area contributed by atoms with Gasteiger partial charge in [0.25, 0.3) is 0 Å². The fraction of sp³-hybridized carbons (Fsp3) is 0.490. The van der Waals surface area contributed by atoms with Gasteiger partial charge in [-0.15, -0.1) is 0 Å². The molecule has 0 spiro atoms. The summed E-state index contributed by atoms with van der Waals surface area (Å²) >= 11 is 0. The Morgan fingerprint density at radius 2 is 1.40 bits per heavy atom. The Morgan fingerprint density at radius 1 is 0.773 bits per heavy atom. The molecule has 0 saturated carbocycles. The molecule has 2 aliphatic rings. The molecule has 406 valence electrons. The summed E-state index contributed by atoms with van der Waals surface area (Å²) in [6.45, 7) is 0.972. The molecule has 0 radical (unpaired) electrons. The second-order valence-corrected chi connectivity index (χ2v) is 18.5. The van der Waals surface area contributed by atoms with Crippen LogP contribution in [0.4, 0.5) is 0 Å². The lowest BCUT2D eigenvalue weighted by Gasteiger charge is -2.31. The number of guanidine groups is 2. The highest BCUT2D eigenvalue weighted by Crippen LogP contribution is 2.23. The van der Waals surface area contributed by atoms with Gasteiger partial charge in [0.05, 0.1) is 6.10 Å². The molecule has 26 nitrogen and oxygen atoms in total. The topological polar surface area (TPSA) is 432 Å². The van der Waals surface area contributed by atoms with Gasteiger partial charge in [-0.3, -0.25) is 53.1 Å². The summed E-state index contributed by atoms with van der Waals surface area (Å²) < 4.78 is 0. The van der Waals surface area contributed by atoms with Gasteiger partial charge in [-0.25, -0.2) is 0 Å². The normalized spacial score (nSPS) is 23.0. The van der Waals surface area contributed by atoms with Crippen molar-refractivity contribution in [2.45, 2.75) is 126 Å². The molecule has 5 rings (SSSR count). The second-order valence-electron chi connectivity index (χ2n) is 18.5. The molecular formula is C49H70N16O10. The summed E-state index contributed by atoms with van der Waals surface area (Å²) in [5, 5.41) is 30.5. The van der Waals surface area contributed by atoms with Gasteiger partial charge in [0, 0.05) is 75.9 Å². The standard InChI is InChI=1S/C49H70N16O10/c1-27(66)59-34(15-8-20-56-48(51)52)42(70)62-36-17-18-40(68)55-19-7-14-33(41(50)69)60-45(73)38(23-29-25-58-32-13-6-5-12-31(29)32)63-43(71)35(16-9-21-57-49(53)54)61-44(72)37(22-28-10-3-2-4-11-28)64-46(74)39-24-30(67)26-65(39)47(36)75/h2-6,10-13,25,30,33-39,58,67H,7-9,14-24,26H2,1H3,(H2,50,69)(H,55,68)(H,59,66)(H,60,73)(H,61,72)(H,62,70)(H,63,71)(H,64,74)(H4,51,52,56)(H4,53,54,57)/t30-,33+,34+,35+,36+,37-,38+,39+/m0/s1. The fourth-order valence-electron chi connectivity index (χ4n) is 8.88. The molecule has 2 saturated heterocycles. The second kappa shape index (κ2) is 28.2. The van der Waals surface area contributed by atoms with E-state index in [0.717, 1.165) is 15.8 Å². The van der Waals surface area contributed by atoms with Crippen LogP contribution in [0.5, 0.6) is 0 Å². The van der Waals surface area contributed by atoms with Crippen molar-refractivity contribution in [2.75, 3.05) is 26.2 Å². The zero-order valence-electron chi connectivity index (χ0n) is 41.8. The number of benzene rings is 2. The van der Waals surface area contributed by atoms with Gasteiger partial charge in [0.2, 0.25) is 53.2 Å². The van der Waals surface area contributed by atoms with Crippen LogP contribution in [-0.2, 0) is 56.0 Å². The molecule has 19 N–H and O–H groups in total. The van der Waals surface area contributed by atoms with Crippen molar-refractivity contribution in [3.63, 3.8) is 0 Å². The number of fused-ring (bicyclic) bond motifs is 2. The summed E-state index contributed by atoms with van der Waals surface area (Å²) in [4.78, 5) is 137. The molecule has 26 heteroatoms. The van der Waals surface area contributed by atoms with Crippen molar-refractivity contribution < 1.29 is 48.3 Å². The smallest absolute Gasteiger partial charge is 0.245 e. The molecule has 0 unspecified atom stereocenters. The summed E-state index contributed by atoms with van der Waals surface area (Å²) in [5.74, 6) is -7.36. The number of nitrogens with zero attached hydrogens (tertiary/aromatic N) is 3. The van der Waals surface area contributed by atoms with Crippen LogP contribution in [0, 0.1) is 0 Å². The summed E-state index contributed by atoms with van der Waals surface area (Å²) in [6.07, 6.45) is -0.260. The fourth-order valence-corrected chi connectivity index (χ4v) is 8.88. The van der Waals surface area contributed by atoms with Crippen LogP contribution in [0.2, 0.25) is 0 Å². The first-order chi connectivity index (χ1) is 35.8. The quantitative estimate of drug-likeness (QED) is 0.0371. The maximum atomic E-state index is 14.6. The first-order valence-corrected chi connectivity index (χ1v) is 24.8. The Hall–Kier alpha value is -8.29. The van der Waals surface area contributed by atoms with E-state index < -0.39 is 102 Å². The van der Waals surface area contributed by atoms with Crippen LogP contribution in [0.25, 0.3) is 10.9 Å². The van der Waals surface area contributed by atoms with Crippen LogP contribution < -0.4 is 65.9 Å². The van der Waals surface area contributed by atoms with Crippen LogP contribution in [0.1, 0.15) is 75.8 Å². The maximum absolute atomic E-state index is 14.6. The van der Waals surface area contributed by atoms with E-state index in [1.165, 1.54) is 6.92 Å². The van der Waals surface area contributed by atoms with Crippen molar-refractivity contribution >= 4 is 76.0 Å². The number of primary amides is 1. The van der Waals surface area contributed by atoms with Crippen molar-refractivity contribution in [2.24, 2.45) is 38.7 Å². The number of aromatic amines is 1. The Morgan fingerprint density at radius 3 is 2.09 bits per heavy atom. The molecule has 3 heterocycles. The van der Waals surface area contributed by atoms with E-state index in [9.17, 15) is 48.3 Å². The number of amides is 9. The number of H-pyrrole nitrogens is 1. The highest BCUT2D eigenvalue weighted by atomic mass is 16.3. The Balaban J connectivity index is 1.53. The van der Waals surface area contributed by atoms with Crippen LogP contribution in [0.3, 0.4) is 0 Å². The Labute approximate surface area is 432 Å². The number of aliphatic hydroxyl groups excluding tert-OH is 1. The zero-order chi connectivity index (χ0) is 54.6. The van der Waals surface area contributed by atoms with Crippen LogP contribution >= 0.6 is 0 Å². The van der Waals surface area contributed by atoms with Gasteiger partial charge in [-0.1, -0.05) is 48.5 Å². The lowest BCUT2D eigenvalue weighted by molar-refractivity contribution is -0.143. The molecule has 8 atom stereocenters. The summed E-state index contributed by atoms with van der Waals surface area (Å²) in [7, 11) is 0. The van der Waals surface area contributed by atoms with E-state index in [1.807, 2.05) is 18.2 Å². The molecule has 2 fully saturated rings. The average molecular weight is 1040 g/mol. The van der Waals surface area contributed by atoms with Gasteiger partial charge in [-0.2, -0.15) is 0 Å². The number of carbonyl (C=O) groups is 9. The lowest BCUT2D eigenvalue weighted by atomic mass is 10.0. The van der Waals surface area contributed by atoms with Gasteiger partial charge in [0.15, 0.2) is 11.9 Å². The molecule has 1 aromatic heterocycles. The monoisotopic (exact) mass is 1040 g/mol. The average Bonchev–Trinajstić information content (AvgIpc) is 3.97. The molecule has 75 heavy (non-hydrogen) atoms. The number of nitrogens with two attached hydrogens (primary N) is 5. The molecule has 2 aliphatic heterocycles. The predicted octanol–water partition coefficient (Wildman–Crippen LogP) is -3.87. The third-order valence-corrected chi connectivity index (χ3v) is 12.7. The van der Waals surface area contributed by atoms with Crippen LogP contribution in [-0.4, -0.2) is 155 Å². The number of para-hydroxylation sites is 1. The van der Waals surface area contributed by atoms with Gasteiger partial charge < -0.3 is 80.9 Å². The van der Waals surface area contributed by atoms with E-state index in [-0.39, 0.29) is 109 Å². The number of aliphatic imine (C=N–C) groups is 2. The third kappa shape index (κ3) is 18.0. The predicted molar refractivity (Wildman–Crippen MR) is 276 cm³/mol. The van der Waals surface area contributed by atoms with Crippen molar-refractivity contribution in [1.29, 1.82) is 0 Å². The van der Waals surface area contributed by atoms with Gasteiger partial charge in [-0.05, 0) is 62.1 Å². The maximum Gasteiger partial charge on any atom is 0.245 e. The zero-order valence-corrected chi connectivity index (χ0v) is 41.8. The highest BCUT2D eigenvalue weighted by Gasteiger charge is 2.43. The summed E-state index contributed by atoms with van der Waals surface area (Å²) in [6, 6.07) is 6.42. The Kier molecular flexibility index (Phi) is 21.7. The number of carbonyl (C=O) groups excluding carboxylic acids is 9. The molecule has 3 aromatic rings. The van der Waals surface area contributed by atoms with Crippen molar-refractivity contribution in [3.05, 3.63) is 71.9 Å². The SMILES string of the molecule is CC(=O)N[C@H](CCCN=C(N)N)C(=O)N[C@@H]1CCC(=O)NCCC[C@H](C(N)=O)NC(=O)[C@@H](Cc2c[nH]c3ccccc23)NC(=O)[C@@H](CCCN=C(N)N)NC(=O)[C@H](Cc2ccccc2)NC(=O)[C@H]2C[C@H](O)CN2C1=O. The highest BCUT2D eigenvalue weighted by molar-refractivity contribution is 5.98. The van der Waals surface area contributed by atoms with Gasteiger partial charge >= 0.3 is 0 Å². The Bertz CT molecular complexity index is 2570. The molecule has 9 amide bonds. The van der Waals surface area contributed by atoms with Crippen LogP contribution in [0.15, 0.2) is 70.8 Å². The van der Waals surface area contributed by atoms with E-state index in [1.54, 1.807) is 42.6 Å². The van der Waals surface area contributed by atoms with E-state index >= 15 is 0 Å². The number of aromatic nitrogens is 1. The first-order valence-electron chi connectivity index (χ1n) is 24.8. The van der Waals surface area contributed by atoms with E-state index in [4.69, 9.17) is 28.7 Å². The molecule has 2 aromatic carbocycles. The molecule has 0 aliphatic carbocycles. The van der Waals surface area contributed by atoms with Gasteiger partial charge in [0.1, 0.15) is 42.3 Å². The minimum Gasteiger partial charge on any atom is -0.391 e. The number of nitrogens with one attached hydrogen (secondary N) is 8. The molecule has 0 bridgehead atoms. The number of hydrogen-bond acceptors (Lipinski definition) is 12.